The first kappa shape index (κ1) is 13.1. The van der Waals surface area contributed by atoms with E-state index in [2.05, 4.69) is 0 Å². The highest BCUT2D eigenvalue weighted by Gasteiger charge is 2.32. The third-order valence-corrected chi connectivity index (χ3v) is 4.04. The Morgan fingerprint density at radius 3 is 3.00 bits per heavy atom. The first-order valence-corrected chi connectivity index (χ1v) is 6.72. The van der Waals surface area contributed by atoms with Gasteiger partial charge in [-0.25, -0.2) is 0 Å². The van der Waals surface area contributed by atoms with Gasteiger partial charge in [-0.2, -0.15) is 0 Å². The largest absolute Gasteiger partial charge is 0.469 e. The second kappa shape index (κ2) is 5.57. The van der Waals surface area contributed by atoms with Crippen LogP contribution in [0.15, 0.2) is 16.7 Å². The van der Waals surface area contributed by atoms with Crippen LogP contribution in [-0.4, -0.2) is 30.4 Å². The van der Waals surface area contributed by atoms with Crippen molar-refractivity contribution in [3.63, 3.8) is 0 Å². The third kappa shape index (κ3) is 2.29. The van der Waals surface area contributed by atoms with Gasteiger partial charge in [0.15, 0.2) is 0 Å². The van der Waals surface area contributed by atoms with Crippen molar-refractivity contribution >= 4 is 5.91 Å². The fourth-order valence-corrected chi connectivity index (χ4v) is 2.95. The second-order valence-corrected chi connectivity index (χ2v) is 5.02. The monoisotopic (exact) mass is 250 g/mol. The van der Waals surface area contributed by atoms with E-state index in [4.69, 9.17) is 10.2 Å². The number of hydrogen-bond acceptors (Lipinski definition) is 3. The van der Waals surface area contributed by atoms with Crippen LogP contribution in [0.1, 0.15) is 42.3 Å². The molecule has 2 N–H and O–H groups in total. The number of carbonyl (C=O) groups excluding carboxylic acids is 1. The summed E-state index contributed by atoms with van der Waals surface area (Å²) in [5.74, 6) is 1.27. The van der Waals surface area contributed by atoms with Crippen molar-refractivity contribution in [3.8, 4) is 0 Å². The normalized spacial score (nSPS) is 23.3. The second-order valence-electron chi connectivity index (χ2n) is 5.02. The highest BCUT2D eigenvalue weighted by Crippen LogP contribution is 2.29. The van der Waals surface area contributed by atoms with Gasteiger partial charge in [0.25, 0.3) is 5.91 Å². The van der Waals surface area contributed by atoms with Gasteiger partial charge in [-0.1, -0.05) is 13.3 Å². The molecule has 1 aliphatic rings. The Morgan fingerprint density at radius 2 is 2.33 bits per heavy atom. The molecule has 2 rings (SSSR count). The Balaban J connectivity index is 2.13. The summed E-state index contributed by atoms with van der Waals surface area (Å²) in [6.07, 6.45) is 5.69. The van der Waals surface area contributed by atoms with Crippen LogP contribution in [-0.2, 0) is 6.42 Å². The highest BCUT2D eigenvalue weighted by molar-refractivity contribution is 5.95. The van der Waals surface area contributed by atoms with E-state index in [0.29, 0.717) is 18.0 Å². The number of nitrogens with two attached hydrogens (primary N) is 1. The molecule has 0 bridgehead atoms. The Bertz CT molecular complexity index is 414. The van der Waals surface area contributed by atoms with Crippen molar-refractivity contribution in [2.75, 3.05) is 13.6 Å². The lowest BCUT2D eigenvalue weighted by atomic mass is 10.0. The Hall–Kier alpha value is -1.29. The fourth-order valence-electron chi connectivity index (χ4n) is 2.95. The summed E-state index contributed by atoms with van der Waals surface area (Å²) in [5.41, 5.74) is 6.48. The quantitative estimate of drug-likeness (QED) is 0.889. The first-order valence-electron chi connectivity index (χ1n) is 6.72. The van der Waals surface area contributed by atoms with Gasteiger partial charge < -0.3 is 15.1 Å². The summed E-state index contributed by atoms with van der Waals surface area (Å²) in [5, 5.41) is 0. The predicted octanol–water partition coefficient (Wildman–Crippen LogP) is 2.04. The van der Waals surface area contributed by atoms with Crippen LogP contribution in [0.2, 0.25) is 0 Å². The molecular formula is C14H22N2O2. The topological polar surface area (TPSA) is 59.5 Å². The average Bonchev–Trinajstić information content (AvgIpc) is 3.04. The molecule has 1 amide bonds. The van der Waals surface area contributed by atoms with E-state index >= 15 is 0 Å². The Morgan fingerprint density at radius 1 is 1.56 bits per heavy atom. The standard InChI is InChI=1S/C14H22N2O2/c1-3-13-11(7-8-18-13)14(17)16(2)12-6-4-5-10(12)9-15/h7-8,10,12H,3-6,9,15H2,1-2H3. The SMILES string of the molecule is CCc1occc1C(=O)N(C)C1CCCC1CN. The molecular weight excluding hydrogens is 228 g/mol. The van der Waals surface area contributed by atoms with E-state index < -0.39 is 0 Å². The van der Waals surface area contributed by atoms with Gasteiger partial charge in [0.05, 0.1) is 11.8 Å². The van der Waals surface area contributed by atoms with Crippen molar-refractivity contribution in [2.24, 2.45) is 11.7 Å². The van der Waals surface area contributed by atoms with Crippen LogP contribution in [0.4, 0.5) is 0 Å². The lowest BCUT2D eigenvalue weighted by Crippen LogP contribution is -2.41. The van der Waals surface area contributed by atoms with Crippen LogP contribution in [0.3, 0.4) is 0 Å². The summed E-state index contributed by atoms with van der Waals surface area (Å²) in [4.78, 5) is 14.3. The minimum atomic E-state index is 0.0611. The molecule has 1 aromatic heterocycles. The van der Waals surface area contributed by atoms with Crippen LogP contribution >= 0.6 is 0 Å². The van der Waals surface area contributed by atoms with E-state index in [-0.39, 0.29) is 11.9 Å². The van der Waals surface area contributed by atoms with Gasteiger partial charge in [0.2, 0.25) is 0 Å². The minimum absolute atomic E-state index is 0.0611. The van der Waals surface area contributed by atoms with E-state index in [0.717, 1.165) is 31.4 Å². The summed E-state index contributed by atoms with van der Waals surface area (Å²) in [7, 11) is 1.88. The van der Waals surface area contributed by atoms with Crippen molar-refractivity contribution in [2.45, 2.75) is 38.6 Å². The van der Waals surface area contributed by atoms with Gasteiger partial charge >= 0.3 is 0 Å². The number of nitrogens with zero attached hydrogens (tertiary/aromatic N) is 1. The number of furan rings is 1. The molecule has 1 aromatic rings. The Labute approximate surface area is 108 Å². The molecule has 1 fully saturated rings. The van der Waals surface area contributed by atoms with E-state index in [1.165, 1.54) is 0 Å². The van der Waals surface area contributed by atoms with E-state index in [1.54, 1.807) is 12.3 Å². The van der Waals surface area contributed by atoms with E-state index in [9.17, 15) is 4.79 Å². The minimum Gasteiger partial charge on any atom is -0.469 e. The zero-order valence-corrected chi connectivity index (χ0v) is 11.2. The molecule has 2 unspecified atom stereocenters. The fraction of sp³-hybridized carbons (Fsp3) is 0.643. The molecule has 4 heteroatoms. The van der Waals surface area contributed by atoms with Crippen molar-refractivity contribution in [3.05, 3.63) is 23.7 Å². The van der Waals surface area contributed by atoms with Crippen molar-refractivity contribution in [1.82, 2.24) is 4.90 Å². The number of hydrogen-bond donors (Lipinski definition) is 1. The lowest BCUT2D eigenvalue weighted by Gasteiger charge is -2.29. The molecule has 100 valence electrons. The first-order chi connectivity index (χ1) is 8.69. The number of rotatable bonds is 4. The van der Waals surface area contributed by atoms with Crippen LogP contribution in [0, 0.1) is 5.92 Å². The molecule has 1 aliphatic carbocycles. The maximum Gasteiger partial charge on any atom is 0.257 e. The molecule has 0 aromatic carbocycles. The third-order valence-electron chi connectivity index (χ3n) is 4.04. The van der Waals surface area contributed by atoms with Gasteiger partial charge in [0.1, 0.15) is 5.76 Å². The lowest BCUT2D eigenvalue weighted by molar-refractivity contribution is 0.0697. The van der Waals surface area contributed by atoms with Crippen LogP contribution < -0.4 is 5.73 Å². The summed E-state index contributed by atoms with van der Waals surface area (Å²) in [6, 6.07) is 2.05. The van der Waals surface area contributed by atoms with Gasteiger partial charge in [-0.15, -0.1) is 0 Å². The predicted molar refractivity (Wildman–Crippen MR) is 70.4 cm³/mol. The average molecular weight is 250 g/mol. The van der Waals surface area contributed by atoms with Crippen molar-refractivity contribution in [1.29, 1.82) is 0 Å². The number of carbonyl (C=O) groups is 1. The maximum atomic E-state index is 12.5. The molecule has 1 heterocycles. The molecule has 1 saturated carbocycles. The molecule has 0 aliphatic heterocycles. The zero-order valence-electron chi connectivity index (χ0n) is 11.2. The van der Waals surface area contributed by atoms with Gasteiger partial charge in [-0.3, -0.25) is 4.79 Å². The molecule has 2 atom stereocenters. The zero-order chi connectivity index (χ0) is 13.1. The molecule has 4 nitrogen and oxygen atoms in total. The summed E-state index contributed by atoms with van der Waals surface area (Å²) < 4.78 is 5.33. The van der Waals surface area contributed by atoms with Crippen molar-refractivity contribution < 1.29 is 9.21 Å². The summed E-state index contributed by atoms with van der Waals surface area (Å²) in [6.45, 7) is 2.65. The molecule has 18 heavy (non-hydrogen) atoms. The van der Waals surface area contributed by atoms with Gasteiger partial charge in [0, 0.05) is 19.5 Å². The maximum absolute atomic E-state index is 12.5. The molecule has 0 radical (unpaired) electrons. The molecule has 0 saturated heterocycles. The van der Waals surface area contributed by atoms with E-state index in [1.807, 2.05) is 18.9 Å². The van der Waals surface area contributed by atoms with Crippen LogP contribution in [0.25, 0.3) is 0 Å². The highest BCUT2D eigenvalue weighted by atomic mass is 16.3. The Kier molecular flexibility index (Phi) is 4.07. The van der Waals surface area contributed by atoms with Crippen LogP contribution in [0.5, 0.6) is 0 Å². The number of aryl methyl sites for hydroxylation is 1. The van der Waals surface area contributed by atoms with Gasteiger partial charge in [-0.05, 0) is 31.4 Å². The molecule has 0 spiro atoms. The smallest absolute Gasteiger partial charge is 0.257 e. The number of amides is 1. The summed E-state index contributed by atoms with van der Waals surface area (Å²) >= 11 is 0.